The summed E-state index contributed by atoms with van der Waals surface area (Å²) in [5.41, 5.74) is 1.18. The zero-order valence-corrected chi connectivity index (χ0v) is 11.8. The van der Waals surface area contributed by atoms with E-state index in [4.69, 9.17) is 4.74 Å². The van der Waals surface area contributed by atoms with E-state index in [1.165, 1.54) is 0 Å². The lowest BCUT2D eigenvalue weighted by Crippen LogP contribution is -2.07. The van der Waals surface area contributed by atoms with Gasteiger partial charge in [-0.05, 0) is 12.1 Å². The molecule has 1 heterocycles. The monoisotopic (exact) mass is 290 g/mol. The highest BCUT2D eigenvalue weighted by Crippen LogP contribution is 2.22. The molecule has 2 aromatic carbocycles. The Kier molecular flexibility index (Phi) is 4.20. The summed E-state index contributed by atoms with van der Waals surface area (Å²) in [4.78, 5) is 20.7. The lowest BCUT2D eigenvalue weighted by atomic mass is 10.1. The smallest absolute Gasteiger partial charge is 0.241 e. The second-order valence-electron chi connectivity index (χ2n) is 4.69. The van der Waals surface area contributed by atoms with Crippen molar-refractivity contribution in [1.29, 1.82) is 0 Å². The number of Topliss-reactive ketones (excluding diaryl/α,β-unsaturated/α-hetero) is 1. The van der Waals surface area contributed by atoms with Crippen LogP contribution in [0.1, 0.15) is 16.1 Å². The van der Waals surface area contributed by atoms with Crippen LogP contribution in [0.5, 0.6) is 11.6 Å². The predicted octanol–water partition coefficient (Wildman–Crippen LogP) is 3.69. The van der Waals surface area contributed by atoms with Crippen molar-refractivity contribution in [3.05, 3.63) is 84.3 Å². The summed E-state index contributed by atoms with van der Waals surface area (Å²) in [6.07, 6.45) is 3.26. The first-order valence-corrected chi connectivity index (χ1v) is 6.94. The van der Waals surface area contributed by atoms with Gasteiger partial charge >= 0.3 is 0 Å². The molecule has 1 aromatic heterocycles. The molecule has 3 aromatic rings. The minimum atomic E-state index is -0.0148. The zero-order chi connectivity index (χ0) is 15.2. The van der Waals surface area contributed by atoms with E-state index in [-0.39, 0.29) is 12.2 Å². The van der Waals surface area contributed by atoms with Gasteiger partial charge < -0.3 is 4.74 Å². The Morgan fingerprint density at radius 3 is 2.23 bits per heavy atom. The summed E-state index contributed by atoms with van der Waals surface area (Å²) < 4.78 is 5.72. The van der Waals surface area contributed by atoms with Gasteiger partial charge in [-0.1, -0.05) is 48.5 Å². The molecular formula is C18H14N2O2. The van der Waals surface area contributed by atoms with Crippen LogP contribution in [-0.4, -0.2) is 15.8 Å². The number of ketones is 1. The van der Waals surface area contributed by atoms with E-state index in [9.17, 15) is 4.79 Å². The van der Waals surface area contributed by atoms with Crippen molar-refractivity contribution in [3.8, 4) is 11.6 Å². The number of ether oxygens (including phenoxy) is 1. The molecule has 0 N–H and O–H groups in total. The topological polar surface area (TPSA) is 52.1 Å². The van der Waals surface area contributed by atoms with Gasteiger partial charge in [0.2, 0.25) is 5.88 Å². The molecule has 0 spiro atoms. The number of benzene rings is 2. The summed E-state index contributed by atoms with van der Waals surface area (Å²) in [5, 5.41) is 0. The molecule has 0 bridgehead atoms. The van der Waals surface area contributed by atoms with E-state index in [0.29, 0.717) is 22.9 Å². The molecule has 108 valence electrons. The number of rotatable bonds is 5. The van der Waals surface area contributed by atoms with Crippen molar-refractivity contribution in [2.45, 2.75) is 6.42 Å². The second-order valence-corrected chi connectivity index (χ2v) is 4.69. The Hall–Kier alpha value is -3.01. The minimum Gasteiger partial charge on any atom is -0.437 e. The maximum atomic E-state index is 12.3. The van der Waals surface area contributed by atoms with E-state index in [0.717, 1.165) is 0 Å². The Balaban J connectivity index is 1.81. The first kappa shape index (κ1) is 13.9. The SMILES string of the molecule is O=C(Cc1nccnc1Oc1ccccc1)c1ccccc1. The third-order valence-corrected chi connectivity index (χ3v) is 3.12. The molecule has 0 radical (unpaired) electrons. The number of carbonyl (C=O) groups excluding carboxylic acids is 1. The van der Waals surface area contributed by atoms with Gasteiger partial charge in [-0.2, -0.15) is 0 Å². The quantitative estimate of drug-likeness (QED) is 0.672. The van der Waals surface area contributed by atoms with Gasteiger partial charge in [0.25, 0.3) is 0 Å². The van der Waals surface area contributed by atoms with Gasteiger partial charge in [0, 0.05) is 18.0 Å². The van der Waals surface area contributed by atoms with Gasteiger partial charge in [0.1, 0.15) is 11.4 Å². The van der Waals surface area contributed by atoms with Crippen LogP contribution in [0.3, 0.4) is 0 Å². The Morgan fingerprint density at radius 2 is 1.50 bits per heavy atom. The van der Waals surface area contributed by atoms with E-state index in [1.807, 2.05) is 48.5 Å². The van der Waals surface area contributed by atoms with Crippen LogP contribution in [-0.2, 0) is 6.42 Å². The number of aromatic nitrogens is 2. The van der Waals surface area contributed by atoms with Gasteiger partial charge in [-0.25, -0.2) is 4.98 Å². The average Bonchev–Trinajstić information content (AvgIpc) is 2.58. The fourth-order valence-corrected chi connectivity index (χ4v) is 2.04. The zero-order valence-electron chi connectivity index (χ0n) is 11.8. The highest BCUT2D eigenvalue weighted by molar-refractivity contribution is 5.97. The maximum absolute atomic E-state index is 12.3. The van der Waals surface area contributed by atoms with Crippen molar-refractivity contribution in [2.24, 2.45) is 0 Å². The summed E-state index contributed by atoms with van der Waals surface area (Å²) >= 11 is 0. The van der Waals surface area contributed by atoms with Crippen molar-refractivity contribution in [2.75, 3.05) is 0 Å². The van der Waals surface area contributed by atoms with Crippen LogP contribution < -0.4 is 4.74 Å². The molecule has 0 amide bonds. The summed E-state index contributed by atoms with van der Waals surface area (Å²) in [7, 11) is 0. The molecule has 0 saturated heterocycles. The molecule has 22 heavy (non-hydrogen) atoms. The second kappa shape index (κ2) is 6.63. The number of carbonyl (C=O) groups is 1. The van der Waals surface area contributed by atoms with E-state index >= 15 is 0 Å². The Labute approximate surface area is 128 Å². The fraction of sp³-hybridized carbons (Fsp3) is 0.0556. The predicted molar refractivity (Wildman–Crippen MR) is 83.0 cm³/mol. The minimum absolute atomic E-state index is 0.0148. The Morgan fingerprint density at radius 1 is 0.864 bits per heavy atom. The lowest BCUT2D eigenvalue weighted by Gasteiger charge is -2.08. The third kappa shape index (κ3) is 3.35. The number of hydrogen-bond donors (Lipinski definition) is 0. The molecule has 0 fully saturated rings. The fourth-order valence-electron chi connectivity index (χ4n) is 2.04. The summed E-state index contributed by atoms with van der Waals surface area (Å²) in [5.74, 6) is 1.01. The van der Waals surface area contributed by atoms with E-state index in [1.54, 1.807) is 24.5 Å². The Bertz CT molecular complexity index is 758. The molecule has 0 aliphatic heterocycles. The van der Waals surface area contributed by atoms with Crippen LogP contribution in [0.4, 0.5) is 0 Å². The lowest BCUT2D eigenvalue weighted by molar-refractivity contribution is 0.0991. The molecule has 0 aliphatic rings. The number of hydrogen-bond acceptors (Lipinski definition) is 4. The first-order chi connectivity index (χ1) is 10.8. The van der Waals surface area contributed by atoms with Crippen LogP contribution in [0.2, 0.25) is 0 Å². The van der Waals surface area contributed by atoms with Gasteiger partial charge in [-0.15, -0.1) is 0 Å². The molecule has 3 rings (SSSR count). The third-order valence-electron chi connectivity index (χ3n) is 3.12. The largest absolute Gasteiger partial charge is 0.437 e. The molecule has 0 unspecified atom stereocenters. The molecule has 4 heteroatoms. The van der Waals surface area contributed by atoms with Crippen molar-refractivity contribution < 1.29 is 9.53 Å². The van der Waals surface area contributed by atoms with Gasteiger partial charge in [-0.3, -0.25) is 9.78 Å². The van der Waals surface area contributed by atoms with Crippen molar-refractivity contribution in [1.82, 2.24) is 9.97 Å². The molecule has 0 aliphatic carbocycles. The standard InChI is InChI=1S/C18H14N2O2/c21-17(14-7-3-1-4-8-14)13-16-18(20-12-11-19-16)22-15-9-5-2-6-10-15/h1-12H,13H2. The maximum Gasteiger partial charge on any atom is 0.241 e. The first-order valence-electron chi connectivity index (χ1n) is 6.94. The van der Waals surface area contributed by atoms with Crippen LogP contribution in [0.25, 0.3) is 0 Å². The summed E-state index contributed by atoms with van der Waals surface area (Å²) in [6, 6.07) is 18.5. The van der Waals surface area contributed by atoms with Crippen LogP contribution in [0, 0.1) is 0 Å². The summed E-state index contributed by atoms with van der Waals surface area (Å²) in [6.45, 7) is 0. The highest BCUT2D eigenvalue weighted by atomic mass is 16.5. The molecule has 4 nitrogen and oxygen atoms in total. The van der Waals surface area contributed by atoms with Crippen LogP contribution in [0.15, 0.2) is 73.1 Å². The number of para-hydroxylation sites is 1. The molecular weight excluding hydrogens is 276 g/mol. The molecule has 0 atom stereocenters. The van der Waals surface area contributed by atoms with Crippen molar-refractivity contribution in [3.63, 3.8) is 0 Å². The average molecular weight is 290 g/mol. The van der Waals surface area contributed by atoms with Crippen LogP contribution >= 0.6 is 0 Å². The molecule has 0 saturated carbocycles. The van der Waals surface area contributed by atoms with Gasteiger partial charge in [0.05, 0.1) is 6.42 Å². The normalized spacial score (nSPS) is 10.2. The van der Waals surface area contributed by atoms with Gasteiger partial charge in [0.15, 0.2) is 5.78 Å². The van der Waals surface area contributed by atoms with E-state index in [2.05, 4.69) is 9.97 Å². The van der Waals surface area contributed by atoms with Crippen molar-refractivity contribution >= 4 is 5.78 Å². The van der Waals surface area contributed by atoms with E-state index < -0.39 is 0 Å². The highest BCUT2D eigenvalue weighted by Gasteiger charge is 2.13. The number of nitrogens with zero attached hydrogens (tertiary/aromatic N) is 2.